The van der Waals surface area contributed by atoms with E-state index in [2.05, 4.69) is 46.3 Å². The van der Waals surface area contributed by atoms with E-state index >= 15 is 0 Å². The largest absolute Gasteiger partial charge is 0.486 e. The summed E-state index contributed by atoms with van der Waals surface area (Å²) in [6.45, 7) is 5.52. The molecule has 5 heteroatoms. The number of hydrogen-bond acceptors (Lipinski definition) is 3. The summed E-state index contributed by atoms with van der Waals surface area (Å²) in [7, 11) is 1.90. The minimum Gasteiger partial charge on any atom is -0.486 e. The van der Waals surface area contributed by atoms with Crippen LogP contribution in [0.1, 0.15) is 25.1 Å². The number of nitrogens with zero attached hydrogens (tertiary/aromatic N) is 2. The molecule has 0 saturated heterocycles. The lowest BCUT2D eigenvalue weighted by atomic mass is 10.2. The molecule has 0 aliphatic rings. The lowest BCUT2D eigenvalue weighted by molar-refractivity contribution is 0.294. The first-order chi connectivity index (χ1) is 9.56. The van der Waals surface area contributed by atoms with Gasteiger partial charge in [0.05, 0.1) is 10.2 Å². The second-order valence-corrected chi connectivity index (χ2v) is 5.89. The Balaban J connectivity index is 2.08. The highest BCUT2D eigenvalue weighted by Gasteiger charge is 2.09. The van der Waals surface area contributed by atoms with Gasteiger partial charge in [0.1, 0.15) is 12.4 Å². The third-order valence-electron chi connectivity index (χ3n) is 2.88. The van der Waals surface area contributed by atoms with E-state index in [-0.39, 0.29) is 0 Å². The number of aryl methyl sites for hydroxylation is 1. The van der Waals surface area contributed by atoms with Crippen molar-refractivity contribution >= 4 is 15.9 Å². The third-order valence-corrected chi connectivity index (χ3v) is 3.51. The second-order valence-electron chi connectivity index (χ2n) is 5.03. The third kappa shape index (κ3) is 4.08. The second kappa shape index (κ2) is 6.90. The number of para-hydroxylation sites is 1. The summed E-state index contributed by atoms with van der Waals surface area (Å²) in [6.07, 6.45) is 1.92. The average molecular weight is 338 g/mol. The summed E-state index contributed by atoms with van der Waals surface area (Å²) in [5.41, 5.74) is 2.06. The predicted octanol–water partition coefficient (Wildman–Crippen LogP) is 3.26. The maximum absolute atomic E-state index is 5.94. The van der Waals surface area contributed by atoms with Crippen LogP contribution in [0.5, 0.6) is 5.75 Å². The lowest BCUT2D eigenvalue weighted by Crippen LogP contribution is -2.22. The highest BCUT2D eigenvalue weighted by Crippen LogP contribution is 2.29. The van der Waals surface area contributed by atoms with E-state index in [0.29, 0.717) is 12.6 Å². The maximum Gasteiger partial charge on any atom is 0.138 e. The molecule has 0 bridgehead atoms. The summed E-state index contributed by atoms with van der Waals surface area (Å²) in [4.78, 5) is 0. The Morgan fingerprint density at radius 1 is 1.35 bits per heavy atom. The van der Waals surface area contributed by atoms with E-state index in [1.54, 1.807) is 4.68 Å². The molecule has 4 nitrogen and oxygen atoms in total. The van der Waals surface area contributed by atoms with Crippen LogP contribution in [0, 0.1) is 0 Å². The molecule has 2 rings (SSSR count). The molecule has 0 radical (unpaired) electrons. The normalized spacial score (nSPS) is 11.1. The van der Waals surface area contributed by atoms with Gasteiger partial charge in [-0.05, 0) is 28.1 Å². The highest BCUT2D eigenvalue weighted by atomic mass is 79.9. The van der Waals surface area contributed by atoms with Crippen molar-refractivity contribution in [2.45, 2.75) is 33.0 Å². The minimum atomic E-state index is 0.442. The molecule has 1 heterocycles. The number of nitrogens with one attached hydrogen (secondary N) is 1. The standard InChI is InChI=1S/C15H20BrN3O/c1-11(2)17-9-12-5-4-6-14(16)15(12)20-10-13-7-8-19(3)18-13/h4-8,11,17H,9-10H2,1-3H3. The van der Waals surface area contributed by atoms with Gasteiger partial charge in [-0.1, -0.05) is 26.0 Å². The highest BCUT2D eigenvalue weighted by molar-refractivity contribution is 9.10. The minimum absolute atomic E-state index is 0.442. The molecule has 0 saturated carbocycles. The number of aromatic nitrogens is 2. The first kappa shape index (κ1) is 15.1. The van der Waals surface area contributed by atoms with E-state index in [4.69, 9.17) is 4.74 Å². The van der Waals surface area contributed by atoms with Crippen molar-refractivity contribution in [3.8, 4) is 5.75 Å². The van der Waals surface area contributed by atoms with Crippen molar-refractivity contribution in [1.29, 1.82) is 0 Å². The monoisotopic (exact) mass is 337 g/mol. The van der Waals surface area contributed by atoms with Gasteiger partial charge in [-0.25, -0.2) is 0 Å². The van der Waals surface area contributed by atoms with E-state index in [1.165, 1.54) is 0 Å². The molecule has 0 aliphatic carbocycles. The molecule has 0 atom stereocenters. The molecule has 1 aromatic heterocycles. The van der Waals surface area contributed by atoms with Crippen LogP contribution < -0.4 is 10.1 Å². The Hall–Kier alpha value is -1.33. The molecule has 2 aromatic rings. The zero-order valence-electron chi connectivity index (χ0n) is 12.1. The van der Waals surface area contributed by atoms with Crippen LogP contribution in [-0.2, 0) is 20.2 Å². The Kier molecular flexibility index (Phi) is 5.20. The first-order valence-electron chi connectivity index (χ1n) is 6.68. The molecule has 0 amide bonds. The van der Waals surface area contributed by atoms with Crippen molar-refractivity contribution in [1.82, 2.24) is 15.1 Å². The van der Waals surface area contributed by atoms with Crippen molar-refractivity contribution in [2.75, 3.05) is 0 Å². The van der Waals surface area contributed by atoms with Gasteiger partial charge in [-0.2, -0.15) is 5.10 Å². The van der Waals surface area contributed by atoms with Crippen LogP contribution in [-0.4, -0.2) is 15.8 Å². The smallest absolute Gasteiger partial charge is 0.138 e. The molecular weight excluding hydrogens is 318 g/mol. The fourth-order valence-corrected chi connectivity index (χ4v) is 2.38. The Morgan fingerprint density at radius 3 is 2.80 bits per heavy atom. The van der Waals surface area contributed by atoms with Crippen LogP contribution in [0.3, 0.4) is 0 Å². The molecule has 1 N–H and O–H groups in total. The zero-order chi connectivity index (χ0) is 14.5. The summed E-state index contributed by atoms with van der Waals surface area (Å²) in [5.74, 6) is 0.881. The van der Waals surface area contributed by atoms with E-state index in [1.807, 2.05) is 31.4 Å². The summed E-state index contributed by atoms with van der Waals surface area (Å²) in [6, 6.07) is 8.50. The van der Waals surface area contributed by atoms with Crippen LogP contribution in [0.15, 0.2) is 34.9 Å². The molecule has 0 aliphatic heterocycles. The first-order valence-corrected chi connectivity index (χ1v) is 7.47. The van der Waals surface area contributed by atoms with Crippen molar-refractivity contribution in [2.24, 2.45) is 7.05 Å². The number of halogens is 1. The number of hydrogen-bond donors (Lipinski definition) is 1. The van der Waals surface area contributed by atoms with Gasteiger partial charge in [-0.3, -0.25) is 4.68 Å². The van der Waals surface area contributed by atoms with Gasteiger partial charge in [0.15, 0.2) is 0 Å². The van der Waals surface area contributed by atoms with Crippen molar-refractivity contribution in [3.63, 3.8) is 0 Å². The van der Waals surface area contributed by atoms with Gasteiger partial charge in [-0.15, -0.1) is 0 Å². The van der Waals surface area contributed by atoms with Gasteiger partial charge >= 0.3 is 0 Å². The molecule has 0 fully saturated rings. The summed E-state index contributed by atoms with van der Waals surface area (Å²) >= 11 is 3.55. The van der Waals surface area contributed by atoms with Crippen LogP contribution in [0.25, 0.3) is 0 Å². The zero-order valence-corrected chi connectivity index (χ0v) is 13.6. The van der Waals surface area contributed by atoms with Crippen LogP contribution in [0.2, 0.25) is 0 Å². The Labute approximate surface area is 128 Å². The molecule has 20 heavy (non-hydrogen) atoms. The van der Waals surface area contributed by atoms with E-state index < -0.39 is 0 Å². The van der Waals surface area contributed by atoms with Gasteiger partial charge in [0.2, 0.25) is 0 Å². The fraction of sp³-hybridized carbons (Fsp3) is 0.400. The number of rotatable bonds is 6. The molecular formula is C15H20BrN3O. The summed E-state index contributed by atoms with van der Waals surface area (Å²) in [5, 5.41) is 7.73. The van der Waals surface area contributed by atoms with Crippen LogP contribution in [0.4, 0.5) is 0 Å². The number of ether oxygens (including phenoxy) is 1. The molecule has 0 spiro atoms. The van der Waals surface area contributed by atoms with E-state index in [9.17, 15) is 0 Å². The molecule has 0 unspecified atom stereocenters. The summed E-state index contributed by atoms with van der Waals surface area (Å²) < 4.78 is 8.68. The Bertz CT molecular complexity index is 566. The van der Waals surface area contributed by atoms with Gasteiger partial charge in [0.25, 0.3) is 0 Å². The van der Waals surface area contributed by atoms with Gasteiger partial charge in [0, 0.05) is 31.4 Å². The predicted molar refractivity (Wildman–Crippen MR) is 83.7 cm³/mol. The lowest BCUT2D eigenvalue weighted by Gasteiger charge is -2.14. The number of benzene rings is 1. The van der Waals surface area contributed by atoms with Gasteiger partial charge < -0.3 is 10.1 Å². The fourth-order valence-electron chi connectivity index (χ4n) is 1.85. The topological polar surface area (TPSA) is 39.1 Å². The van der Waals surface area contributed by atoms with Crippen molar-refractivity contribution in [3.05, 3.63) is 46.2 Å². The Morgan fingerprint density at radius 2 is 2.15 bits per heavy atom. The maximum atomic E-state index is 5.94. The molecule has 1 aromatic carbocycles. The quantitative estimate of drug-likeness (QED) is 0.879. The molecule has 108 valence electrons. The average Bonchev–Trinajstić information content (AvgIpc) is 2.81. The van der Waals surface area contributed by atoms with E-state index in [0.717, 1.165) is 28.0 Å². The van der Waals surface area contributed by atoms with Crippen LogP contribution >= 0.6 is 15.9 Å². The van der Waals surface area contributed by atoms with Crippen molar-refractivity contribution < 1.29 is 4.74 Å². The SMILES string of the molecule is CC(C)NCc1cccc(Br)c1OCc1ccn(C)n1.